The normalized spacial score (nSPS) is 10.8. The molecule has 0 radical (unpaired) electrons. The number of hydrogen-bond acceptors (Lipinski definition) is 3. The molecule has 0 amide bonds. The first-order valence-corrected chi connectivity index (χ1v) is 5.16. The number of nitrogens with zero attached hydrogens (tertiary/aromatic N) is 3. The van der Waals surface area contributed by atoms with Crippen molar-refractivity contribution in [3.05, 3.63) is 48.2 Å². The van der Waals surface area contributed by atoms with Gasteiger partial charge in [0, 0.05) is 13.6 Å². The molecule has 2 aromatic rings. The van der Waals surface area contributed by atoms with E-state index < -0.39 is 0 Å². The zero-order chi connectivity index (χ0) is 11.2. The number of anilines is 1. The summed E-state index contributed by atoms with van der Waals surface area (Å²) in [5.41, 5.74) is 1.20. The predicted molar refractivity (Wildman–Crippen MR) is 65.0 cm³/mol. The van der Waals surface area contributed by atoms with E-state index in [4.69, 9.17) is 0 Å². The van der Waals surface area contributed by atoms with Crippen LogP contribution in [0.15, 0.2) is 42.6 Å². The number of aryl methyl sites for hydroxylation is 1. The fourth-order valence-corrected chi connectivity index (χ4v) is 1.35. The maximum Gasteiger partial charge on any atom is 0.168 e. The molecule has 2 rings (SSSR count). The minimum absolute atomic E-state index is 0.744. The Balaban J connectivity index is 1.82. The van der Waals surface area contributed by atoms with Crippen molar-refractivity contribution in [3.63, 3.8) is 0 Å². The highest BCUT2D eigenvalue weighted by Crippen LogP contribution is 2.01. The lowest BCUT2D eigenvalue weighted by Crippen LogP contribution is -1.97. The van der Waals surface area contributed by atoms with E-state index in [2.05, 4.69) is 39.9 Å². The topological polar surface area (TPSA) is 42.7 Å². The number of aromatic nitrogens is 3. The third kappa shape index (κ3) is 2.95. The van der Waals surface area contributed by atoms with Gasteiger partial charge < -0.3 is 5.32 Å². The average molecular weight is 214 g/mol. The van der Waals surface area contributed by atoms with E-state index in [0.29, 0.717) is 0 Å². The summed E-state index contributed by atoms with van der Waals surface area (Å²) < 4.78 is 1.67. The highest BCUT2D eigenvalue weighted by molar-refractivity contribution is 5.49. The summed E-state index contributed by atoms with van der Waals surface area (Å²) in [5.74, 6) is 0.792. The first kappa shape index (κ1) is 10.4. The Kier molecular flexibility index (Phi) is 3.33. The monoisotopic (exact) mass is 214 g/mol. The van der Waals surface area contributed by atoms with Gasteiger partial charge in [0.05, 0.1) is 6.20 Å². The Morgan fingerprint density at radius 2 is 2.12 bits per heavy atom. The summed E-state index contributed by atoms with van der Waals surface area (Å²) in [7, 11) is 1.85. The second-order valence-electron chi connectivity index (χ2n) is 3.47. The van der Waals surface area contributed by atoms with Crippen molar-refractivity contribution in [1.29, 1.82) is 0 Å². The molecule has 4 heteroatoms. The van der Waals surface area contributed by atoms with E-state index in [1.807, 2.05) is 31.4 Å². The lowest BCUT2D eigenvalue weighted by molar-refractivity contribution is 0.715. The van der Waals surface area contributed by atoms with Gasteiger partial charge in [-0.3, -0.25) is 4.68 Å². The molecule has 16 heavy (non-hydrogen) atoms. The number of hydrogen-bond donors (Lipinski definition) is 1. The second kappa shape index (κ2) is 5.11. The van der Waals surface area contributed by atoms with Crippen LogP contribution in [0.25, 0.3) is 6.08 Å². The summed E-state index contributed by atoms with van der Waals surface area (Å²) in [6, 6.07) is 10.2. The molecular weight excluding hydrogens is 200 g/mol. The highest BCUT2D eigenvalue weighted by atomic mass is 15.4. The summed E-state index contributed by atoms with van der Waals surface area (Å²) in [4.78, 5) is 0. The molecule has 0 aliphatic carbocycles. The molecule has 1 aromatic heterocycles. The molecule has 0 aliphatic heterocycles. The molecule has 0 spiro atoms. The van der Waals surface area contributed by atoms with Crippen molar-refractivity contribution in [1.82, 2.24) is 15.0 Å². The molecule has 0 fully saturated rings. The van der Waals surface area contributed by atoms with Crippen molar-refractivity contribution < 1.29 is 0 Å². The molecule has 0 atom stereocenters. The molecule has 0 unspecified atom stereocenters. The summed E-state index contributed by atoms with van der Waals surface area (Å²) in [5, 5.41) is 10.9. The Hall–Kier alpha value is -2.10. The van der Waals surface area contributed by atoms with Crippen LogP contribution in [0.5, 0.6) is 0 Å². The molecule has 0 bridgehead atoms. The van der Waals surface area contributed by atoms with Gasteiger partial charge in [0.1, 0.15) is 0 Å². The zero-order valence-corrected chi connectivity index (χ0v) is 9.17. The number of benzene rings is 1. The van der Waals surface area contributed by atoms with Crippen LogP contribution < -0.4 is 5.32 Å². The molecule has 82 valence electrons. The van der Waals surface area contributed by atoms with Crippen LogP contribution in [-0.4, -0.2) is 21.5 Å². The van der Waals surface area contributed by atoms with Crippen LogP contribution in [-0.2, 0) is 7.05 Å². The molecule has 0 saturated heterocycles. The Morgan fingerprint density at radius 1 is 1.31 bits per heavy atom. The van der Waals surface area contributed by atoms with Crippen molar-refractivity contribution >= 4 is 11.9 Å². The molecule has 1 heterocycles. The fraction of sp³-hybridized carbons (Fsp3) is 0.167. The van der Waals surface area contributed by atoms with Crippen LogP contribution in [0.3, 0.4) is 0 Å². The summed E-state index contributed by atoms with van der Waals surface area (Å²) in [6.07, 6.45) is 5.98. The Morgan fingerprint density at radius 3 is 2.81 bits per heavy atom. The zero-order valence-electron chi connectivity index (χ0n) is 9.17. The quantitative estimate of drug-likeness (QED) is 0.845. The van der Waals surface area contributed by atoms with Gasteiger partial charge >= 0.3 is 0 Å². The van der Waals surface area contributed by atoms with Gasteiger partial charge in [0.2, 0.25) is 0 Å². The Labute approximate surface area is 94.6 Å². The van der Waals surface area contributed by atoms with Gasteiger partial charge in [0.25, 0.3) is 0 Å². The number of rotatable bonds is 4. The van der Waals surface area contributed by atoms with Crippen molar-refractivity contribution in [2.45, 2.75) is 0 Å². The van der Waals surface area contributed by atoms with Gasteiger partial charge in [-0.2, -0.15) is 0 Å². The van der Waals surface area contributed by atoms with E-state index in [9.17, 15) is 0 Å². The molecule has 4 nitrogen and oxygen atoms in total. The van der Waals surface area contributed by atoms with E-state index in [-0.39, 0.29) is 0 Å². The van der Waals surface area contributed by atoms with Crippen LogP contribution in [0.4, 0.5) is 5.82 Å². The molecule has 0 aliphatic rings. The van der Waals surface area contributed by atoms with Gasteiger partial charge in [-0.05, 0) is 5.56 Å². The van der Waals surface area contributed by atoms with Crippen LogP contribution >= 0.6 is 0 Å². The summed E-state index contributed by atoms with van der Waals surface area (Å²) in [6.45, 7) is 0.744. The van der Waals surface area contributed by atoms with Gasteiger partial charge in [-0.1, -0.05) is 47.7 Å². The molecule has 0 saturated carbocycles. The second-order valence-corrected chi connectivity index (χ2v) is 3.47. The SMILES string of the molecule is Cn1cc(NC/C=C/c2ccccc2)nn1. The maximum absolute atomic E-state index is 3.93. The average Bonchev–Trinajstić information content (AvgIpc) is 2.72. The highest BCUT2D eigenvalue weighted by Gasteiger charge is 1.93. The summed E-state index contributed by atoms with van der Waals surface area (Å²) >= 11 is 0. The van der Waals surface area contributed by atoms with Gasteiger partial charge in [-0.15, -0.1) is 5.10 Å². The minimum atomic E-state index is 0.744. The largest absolute Gasteiger partial charge is 0.364 e. The van der Waals surface area contributed by atoms with E-state index in [0.717, 1.165) is 12.4 Å². The Bertz CT molecular complexity index is 459. The van der Waals surface area contributed by atoms with E-state index in [1.54, 1.807) is 4.68 Å². The van der Waals surface area contributed by atoms with Crippen LogP contribution in [0, 0.1) is 0 Å². The van der Waals surface area contributed by atoms with Crippen molar-refractivity contribution in [2.75, 3.05) is 11.9 Å². The standard InChI is InChI=1S/C12H14N4/c1-16-10-12(14-15-16)13-9-5-8-11-6-3-2-4-7-11/h2-8,10,13H,9H2,1H3/b8-5+. The molecule has 1 N–H and O–H groups in total. The lowest BCUT2D eigenvalue weighted by atomic mass is 10.2. The van der Waals surface area contributed by atoms with E-state index in [1.165, 1.54) is 5.56 Å². The van der Waals surface area contributed by atoms with E-state index >= 15 is 0 Å². The number of nitrogens with one attached hydrogen (secondary N) is 1. The van der Waals surface area contributed by atoms with Crippen LogP contribution in [0.1, 0.15) is 5.56 Å². The maximum atomic E-state index is 3.93. The minimum Gasteiger partial charge on any atom is -0.364 e. The smallest absolute Gasteiger partial charge is 0.168 e. The van der Waals surface area contributed by atoms with Crippen LogP contribution in [0.2, 0.25) is 0 Å². The fourth-order valence-electron chi connectivity index (χ4n) is 1.35. The van der Waals surface area contributed by atoms with Crippen molar-refractivity contribution in [2.24, 2.45) is 7.05 Å². The first-order valence-electron chi connectivity index (χ1n) is 5.16. The van der Waals surface area contributed by atoms with Gasteiger partial charge in [-0.25, -0.2) is 0 Å². The third-order valence-corrected chi connectivity index (χ3v) is 2.11. The van der Waals surface area contributed by atoms with Gasteiger partial charge in [0.15, 0.2) is 5.82 Å². The predicted octanol–water partition coefficient (Wildman–Crippen LogP) is 1.94. The first-order chi connectivity index (χ1) is 7.84. The van der Waals surface area contributed by atoms with Crippen molar-refractivity contribution in [3.8, 4) is 0 Å². The lowest BCUT2D eigenvalue weighted by Gasteiger charge is -1.95. The molecular formula is C12H14N4. The molecule has 1 aromatic carbocycles. The third-order valence-electron chi connectivity index (χ3n) is 2.11.